The number of aliphatic hydroxyl groups is 1. The van der Waals surface area contributed by atoms with E-state index >= 15 is 0 Å². The van der Waals surface area contributed by atoms with Crippen LogP contribution in [0.5, 0.6) is 11.5 Å². The summed E-state index contributed by atoms with van der Waals surface area (Å²) in [6.07, 6.45) is 3.60. The summed E-state index contributed by atoms with van der Waals surface area (Å²) >= 11 is 12.6. The number of furan rings is 1. The Balaban J connectivity index is 1.48. The predicted octanol–water partition coefficient (Wildman–Crippen LogP) is 5.88. The van der Waals surface area contributed by atoms with Crippen molar-refractivity contribution in [3.8, 4) is 11.5 Å². The molecule has 3 heterocycles. The van der Waals surface area contributed by atoms with Gasteiger partial charge in [0.1, 0.15) is 29.0 Å². The van der Waals surface area contributed by atoms with Crippen molar-refractivity contribution in [3.63, 3.8) is 0 Å². The molecule has 6 nitrogen and oxygen atoms in total. The molecule has 144 valence electrons. The summed E-state index contributed by atoms with van der Waals surface area (Å²) in [5.41, 5.74) is 2.25. The van der Waals surface area contributed by atoms with E-state index in [1.54, 1.807) is 30.7 Å². The van der Waals surface area contributed by atoms with E-state index in [-0.39, 0.29) is 5.15 Å². The van der Waals surface area contributed by atoms with Crippen LogP contribution in [0.15, 0.2) is 65.7 Å². The molecule has 1 unspecified atom stereocenters. The van der Waals surface area contributed by atoms with Gasteiger partial charge in [-0.25, -0.2) is 9.97 Å². The normalized spacial score (nSPS) is 12.5. The predicted molar refractivity (Wildman–Crippen MR) is 111 cm³/mol. The molecule has 0 aliphatic rings. The van der Waals surface area contributed by atoms with Crippen LogP contribution in [0.2, 0.25) is 10.2 Å². The highest BCUT2D eigenvalue weighted by Crippen LogP contribution is 2.37. The number of halogens is 2. The standard InChI is InChI=1S/C21H13Cl2N3O3/c22-15-8-12(29-16-3-1-2-11-6-7-28-19(11)16)4-5-13(15)18(27)14-9-24-21-17(14)20(23)25-10-26-21/h1-10,18,27H,(H,24,25,26). The molecule has 29 heavy (non-hydrogen) atoms. The molecule has 3 aromatic heterocycles. The minimum Gasteiger partial charge on any atom is -0.460 e. The van der Waals surface area contributed by atoms with E-state index < -0.39 is 6.10 Å². The Morgan fingerprint density at radius 1 is 1.07 bits per heavy atom. The molecule has 5 aromatic rings. The highest BCUT2D eigenvalue weighted by Gasteiger charge is 2.21. The van der Waals surface area contributed by atoms with Crippen LogP contribution in [0.3, 0.4) is 0 Å². The third-order valence-electron chi connectivity index (χ3n) is 4.69. The largest absolute Gasteiger partial charge is 0.460 e. The van der Waals surface area contributed by atoms with Gasteiger partial charge in [-0.3, -0.25) is 0 Å². The van der Waals surface area contributed by atoms with Crippen LogP contribution in [0.1, 0.15) is 17.2 Å². The summed E-state index contributed by atoms with van der Waals surface area (Å²) in [5, 5.41) is 13.0. The second-order valence-electron chi connectivity index (χ2n) is 6.42. The fourth-order valence-electron chi connectivity index (χ4n) is 3.30. The summed E-state index contributed by atoms with van der Waals surface area (Å²) in [6, 6.07) is 12.6. The molecular formula is C21H13Cl2N3O3. The zero-order valence-electron chi connectivity index (χ0n) is 14.8. The van der Waals surface area contributed by atoms with Crippen LogP contribution >= 0.6 is 23.2 Å². The average Bonchev–Trinajstić information content (AvgIpc) is 3.36. The molecule has 0 radical (unpaired) electrons. The zero-order chi connectivity index (χ0) is 20.0. The second-order valence-corrected chi connectivity index (χ2v) is 7.18. The van der Waals surface area contributed by atoms with Crippen LogP contribution < -0.4 is 4.74 Å². The molecule has 0 saturated heterocycles. The molecule has 0 spiro atoms. The fourth-order valence-corrected chi connectivity index (χ4v) is 3.81. The minimum atomic E-state index is -1.01. The number of aliphatic hydroxyl groups excluding tert-OH is 1. The number of rotatable bonds is 4. The number of nitrogens with zero attached hydrogens (tertiary/aromatic N) is 2. The maximum atomic E-state index is 10.9. The van der Waals surface area contributed by atoms with Crippen LogP contribution in [0, 0.1) is 0 Å². The number of aromatic nitrogens is 3. The molecule has 1 atom stereocenters. The lowest BCUT2D eigenvalue weighted by Crippen LogP contribution is -2.00. The third-order valence-corrected chi connectivity index (χ3v) is 5.30. The van der Waals surface area contributed by atoms with Gasteiger partial charge in [-0.1, -0.05) is 41.4 Å². The number of nitrogens with one attached hydrogen (secondary N) is 1. The number of H-pyrrole nitrogens is 1. The van der Waals surface area contributed by atoms with Gasteiger partial charge in [0.05, 0.1) is 16.7 Å². The number of fused-ring (bicyclic) bond motifs is 2. The molecule has 0 aliphatic carbocycles. The van der Waals surface area contributed by atoms with Crippen molar-refractivity contribution in [2.45, 2.75) is 6.10 Å². The van der Waals surface area contributed by atoms with Crippen molar-refractivity contribution < 1.29 is 14.3 Å². The zero-order valence-corrected chi connectivity index (χ0v) is 16.3. The molecule has 2 aromatic carbocycles. The van der Waals surface area contributed by atoms with Gasteiger partial charge < -0.3 is 19.2 Å². The van der Waals surface area contributed by atoms with Gasteiger partial charge in [0.25, 0.3) is 0 Å². The van der Waals surface area contributed by atoms with Crippen molar-refractivity contribution in [3.05, 3.63) is 82.6 Å². The van der Waals surface area contributed by atoms with Gasteiger partial charge in [-0.15, -0.1) is 0 Å². The van der Waals surface area contributed by atoms with Crippen molar-refractivity contribution in [2.75, 3.05) is 0 Å². The maximum absolute atomic E-state index is 10.9. The molecule has 0 bridgehead atoms. The molecule has 8 heteroatoms. The second kappa shape index (κ2) is 7.08. The third kappa shape index (κ3) is 3.11. The van der Waals surface area contributed by atoms with E-state index in [9.17, 15) is 5.11 Å². The van der Waals surface area contributed by atoms with Crippen molar-refractivity contribution >= 4 is 45.2 Å². The molecule has 2 N–H and O–H groups in total. The smallest absolute Gasteiger partial charge is 0.176 e. The number of hydrogen-bond donors (Lipinski definition) is 2. The topological polar surface area (TPSA) is 84.2 Å². The first-order chi connectivity index (χ1) is 14.1. The average molecular weight is 426 g/mol. The van der Waals surface area contributed by atoms with Crippen molar-refractivity contribution in [1.29, 1.82) is 0 Å². The van der Waals surface area contributed by atoms with E-state index in [2.05, 4.69) is 15.0 Å². The molecule has 0 fully saturated rings. The van der Waals surface area contributed by atoms with Gasteiger partial charge in [-0.05, 0) is 24.3 Å². The lowest BCUT2D eigenvalue weighted by atomic mass is 10.0. The number of aromatic amines is 1. The lowest BCUT2D eigenvalue weighted by Gasteiger charge is -2.14. The van der Waals surface area contributed by atoms with Crippen molar-refractivity contribution in [2.24, 2.45) is 0 Å². The van der Waals surface area contributed by atoms with E-state index in [0.717, 1.165) is 5.39 Å². The van der Waals surface area contributed by atoms with E-state index in [1.807, 2.05) is 24.3 Å². The van der Waals surface area contributed by atoms with E-state index in [0.29, 0.717) is 44.3 Å². The summed E-state index contributed by atoms with van der Waals surface area (Å²) in [5.74, 6) is 1.10. The lowest BCUT2D eigenvalue weighted by molar-refractivity contribution is 0.222. The quantitative estimate of drug-likeness (QED) is 0.351. The van der Waals surface area contributed by atoms with E-state index in [4.69, 9.17) is 32.4 Å². The molecular weight excluding hydrogens is 413 g/mol. The van der Waals surface area contributed by atoms with Crippen LogP contribution in [0.25, 0.3) is 22.0 Å². The highest BCUT2D eigenvalue weighted by molar-refractivity contribution is 6.34. The SMILES string of the molecule is OC(c1ccc(Oc2cccc3ccoc23)cc1Cl)c1c[nH]c2ncnc(Cl)c12. The molecule has 0 amide bonds. The Kier molecular flexibility index (Phi) is 4.39. The van der Waals surface area contributed by atoms with Gasteiger partial charge >= 0.3 is 0 Å². The van der Waals surface area contributed by atoms with Gasteiger partial charge in [0, 0.05) is 22.7 Å². The van der Waals surface area contributed by atoms with Crippen LogP contribution in [-0.4, -0.2) is 20.1 Å². The first kappa shape index (κ1) is 18.0. The Morgan fingerprint density at radius 3 is 2.83 bits per heavy atom. The molecule has 0 aliphatic heterocycles. The number of ether oxygens (including phenoxy) is 1. The Labute approximate surface area is 174 Å². The first-order valence-electron chi connectivity index (χ1n) is 8.71. The monoisotopic (exact) mass is 425 g/mol. The highest BCUT2D eigenvalue weighted by atomic mass is 35.5. The number of para-hydroxylation sites is 1. The van der Waals surface area contributed by atoms with E-state index in [1.165, 1.54) is 6.33 Å². The minimum absolute atomic E-state index is 0.257. The molecule has 5 rings (SSSR count). The summed E-state index contributed by atoms with van der Waals surface area (Å²) in [6.45, 7) is 0. The Morgan fingerprint density at radius 2 is 1.97 bits per heavy atom. The van der Waals surface area contributed by atoms with Crippen LogP contribution in [0.4, 0.5) is 0 Å². The summed E-state index contributed by atoms with van der Waals surface area (Å²) in [7, 11) is 0. The van der Waals surface area contributed by atoms with Gasteiger partial charge in [0.15, 0.2) is 11.3 Å². The maximum Gasteiger partial charge on any atom is 0.176 e. The number of hydrogen-bond acceptors (Lipinski definition) is 5. The number of benzene rings is 2. The molecule has 0 saturated carbocycles. The van der Waals surface area contributed by atoms with Crippen LogP contribution in [-0.2, 0) is 0 Å². The first-order valence-corrected chi connectivity index (χ1v) is 9.46. The summed E-state index contributed by atoms with van der Waals surface area (Å²) in [4.78, 5) is 11.1. The van der Waals surface area contributed by atoms with Gasteiger partial charge in [-0.2, -0.15) is 0 Å². The van der Waals surface area contributed by atoms with Crippen molar-refractivity contribution in [1.82, 2.24) is 15.0 Å². The van der Waals surface area contributed by atoms with Gasteiger partial charge in [0.2, 0.25) is 0 Å². The summed E-state index contributed by atoms with van der Waals surface area (Å²) < 4.78 is 11.4. The fraction of sp³-hybridized carbons (Fsp3) is 0.0476. The Bertz CT molecular complexity index is 1350. The Hall–Kier alpha value is -3.06.